The van der Waals surface area contributed by atoms with Crippen molar-refractivity contribution in [3.8, 4) is 22.6 Å². The van der Waals surface area contributed by atoms with Crippen molar-refractivity contribution in [2.45, 2.75) is 6.42 Å². The minimum Gasteiger partial charge on any atom is -0.497 e. The second-order valence-corrected chi connectivity index (χ2v) is 6.56. The second-order valence-electron chi connectivity index (χ2n) is 6.56. The molecule has 2 aromatic rings. The molecule has 5 nitrogen and oxygen atoms in total. The summed E-state index contributed by atoms with van der Waals surface area (Å²) in [5, 5.41) is 0. The van der Waals surface area contributed by atoms with Gasteiger partial charge in [-0.2, -0.15) is 0 Å². The highest BCUT2D eigenvalue weighted by molar-refractivity contribution is 5.94. The average molecular weight is 356 g/mol. The van der Waals surface area contributed by atoms with Crippen LogP contribution in [-0.2, 0) is 0 Å². The molecular formula is C21H28N2O3. The maximum Gasteiger partial charge on any atom is 0.253 e. The van der Waals surface area contributed by atoms with Crippen molar-refractivity contribution >= 4 is 5.91 Å². The molecule has 0 N–H and O–H groups in total. The van der Waals surface area contributed by atoms with Crippen molar-refractivity contribution in [3.63, 3.8) is 0 Å². The highest BCUT2D eigenvalue weighted by Gasteiger charge is 2.12. The first-order valence-corrected chi connectivity index (χ1v) is 8.68. The largest absolute Gasteiger partial charge is 0.497 e. The molecule has 0 bridgehead atoms. The molecule has 0 radical (unpaired) electrons. The number of carbonyl (C=O) groups excluding carboxylic acids is 1. The molecule has 0 saturated carbocycles. The van der Waals surface area contributed by atoms with Crippen LogP contribution in [0.2, 0.25) is 0 Å². The average Bonchev–Trinajstić information content (AvgIpc) is 2.66. The van der Waals surface area contributed by atoms with E-state index in [9.17, 15) is 4.79 Å². The molecule has 140 valence electrons. The number of amides is 1. The predicted octanol–water partition coefficient (Wildman–Crippen LogP) is 3.39. The van der Waals surface area contributed by atoms with Gasteiger partial charge in [-0.25, -0.2) is 0 Å². The van der Waals surface area contributed by atoms with E-state index in [1.807, 2.05) is 63.6 Å². The maximum atomic E-state index is 12.5. The van der Waals surface area contributed by atoms with Gasteiger partial charge < -0.3 is 19.3 Å². The Morgan fingerprint density at radius 1 is 0.846 bits per heavy atom. The highest BCUT2D eigenvalue weighted by Crippen LogP contribution is 2.30. The van der Waals surface area contributed by atoms with Crippen molar-refractivity contribution in [2.24, 2.45) is 0 Å². The van der Waals surface area contributed by atoms with Crippen LogP contribution >= 0.6 is 0 Å². The van der Waals surface area contributed by atoms with E-state index in [0.717, 1.165) is 42.1 Å². The Bertz CT molecular complexity index is 704. The summed E-state index contributed by atoms with van der Waals surface area (Å²) in [7, 11) is 9.18. The third-order valence-electron chi connectivity index (χ3n) is 4.26. The standard InChI is InChI=1S/C21H28N2O3/c1-22(2)11-6-12-23(3)21(24)17-9-7-16(8-10-17)18-13-19(25-4)15-20(14-18)26-5/h7-10,13-15H,6,11-12H2,1-5H3. The normalized spacial score (nSPS) is 10.7. The summed E-state index contributed by atoms with van der Waals surface area (Å²) >= 11 is 0. The molecule has 26 heavy (non-hydrogen) atoms. The van der Waals surface area contributed by atoms with E-state index in [4.69, 9.17) is 9.47 Å². The van der Waals surface area contributed by atoms with E-state index in [-0.39, 0.29) is 5.91 Å². The maximum absolute atomic E-state index is 12.5. The molecule has 2 rings (SSSR count). The number of hydrogen-bond donors (Lipinski definition) is 0. The Labute approximate surface area is 156 Å². The summed E-state index contributed by atoms with van der Waals surface area (Å²) in [6, 6.07) is 13.4. The zero-order chi connectivity index (χ0) is 19.1. The van der Waals surface area contributed by atoms with E-state index in [0.29, 0.717) is 5.56 Å². The van der Waals surface area contributed by atoms with Gasteiger partial charge >= 0.3 is 0 Å². The molecule has 0 heterocycles. The smallest absolute Gasteiger partial charge is 0.253 e. The van der Waals surface area contributed by atoms with Gasteiger partial charge in [0.2, 0.25) is 0 Å². The molecule has 0 saturated heterocycles. The van der Waals surface area contributed by atoms with Gasteiger partial charge in [-0.1, -0.05) is 12.1 Å². The molecular weight excluding hydrogens is 328 g/mol. The molecule has 0 fully saturated rings. The van der Waals surface area contributed by atoms with Crippen LogP contribution in [0.4, 0.5) is 0 Å². The fourth-order valence-electron chi connectivity index (χ4n) is 2.73. The van der Waals surface area contributed by atoms with Crippen LogP contribution in [0.15, 0.2) is 42.5 Å². The minimum atomic E-state index is 0.0403. The lowest BCUT2D eigenvalue weighted by Gasteiger charge is -2.18. The Morgan fingerprint density at radius 3 is 1.92 bits per heavy atom. The predicted molar refractivity (Wildman–Crippen MR) is 105 cm³/mol. The topological polar surface area (TPSA) is 42.0 Å². The quantitative estimate of drug-likeness (QED) is 0.727. The number of ether oxygens (including phenoxy) is 2. The summed E-state index contributed by atoms with van der Waals surface area (Å²) in [5.41, 5.74) is 2.68. The van der Waals surface area contributed by atoms with Gasteiger partial charge in [0.1, 0.15) is 11.5 Å². The lowest BCUT2D eigenvalue weighted by atomic mass is 10.0. The van der Waals surface area contributed by atoms with Gasteiger partial charge in [0.15, 0.2) is 0 Å². The first-order chi connectivity index (χ1) is 12.4. The van der Waals surface area contributed by atoms with Crippen LogP contribution < -0.4 is 9.47 Å². The van der Waals surface area contributed by atoms with Gasteiger partial charge in [-0.05, 0) is 62.5 Å². The first kappa shape index (κ1) is 19.8. The van der Waals surface area contributed by atoms with Crippen molar-refractivity contribution in [1.29, 1.82) is 0 Å². The number of nitrogens with zero attached hydrogens (tertiary/aromatic N) is 2. The zero-order valence-electron chi connectivity index (χ0n) is 16.3. The Kier molecular flexibility index (Phi) is 7.04. The van der Waals surface area contributed by atoms with Crippen LogP contribution in [0, 0.1) is 0 Å². The van der Waals surface area contributed by atoms with Crippen molar-refractivity contribution in [3.05, 3.63) is 48.0 Å². The first-order valence-electron chi connectivity index (χ1n) is 8.68. The fraction of sp³-hybridized carbons (Fsp3) is 0.381. The van der Waals surface area contributed by atoms with Gasteiger partial charge in [-0.15, -0.1) is 0 Å². The Balaban J connectivity index is 2.11. The molecule has 0 aliphatic rings. The van der Waals surface area contributed by atoms with E-state index >= 15 is 0 Å². The van der Waals surface area contributed by atoms with Gasteiger partial charge in [0, 0.05) is 25.2 Å². The van der Waals surface area contributed by atoms with E-state index in [2.05, 4.69) is 4.90 Å². The minimum absolute atomic E-state index is 0.0403. The van der Waals surface area contributed by atoms with Crippen LogP contribution in [0.25, 0.3) is 11.1 Å². The Hall–Kier alpha value is -2.53. The van der Waals surface area contributed by atoms with Gasteiger partial charge in [0.05, 0.1) is 14.2 Å². The summed E-state index contributed by atoms with van der Waals surface area (Å²) in [4.78, 5) is 16.4. The molecule has 0 unspecified atom stereocenters. The molecule has 0 atom stereocenters. The molecule has 0 aliphatic carbocycles. The summed E-state index contributed by atoms with van der Waals surface area (Å²) in [6.07, 6.45) is 0.955. The zero-order valence-corrected chi connectivity index (χ0v) is 16.3. The summed E-state index contributed by atoms with van der Waals surface area (Å²) < 4.78 is 10.6. The number of benzene rings is 2. The van der Waals surface area contributed by atoms with Crippen LogP contribution in [0.1, 0.15) is 16.8 Å². The van der Waals surface area contributed by atoms with Crippen LogP contribution in [0.5, 0.6) is 11.5 Å². The number of carbonyl (C=O) groups is 1. The lowest BCUT2D eigenvalue weighted by Crippen LogP contribution is -2.29. The van der Waals surface area contributed by atoms with Crippen molar-refractivity contribution in [1.82, 2.24) is 9.80 Å². The van der Waals surface area contributed by atoms with Gasteiger partial charge in [-0.3, -0.25) is 4.79 Å². The second kappa shape index (κ2) is 9.25. The third-order valence-corrected chi connectivity index (χ3v) is 4.26. The van der Waals surface area contributed by atoms with Crippen LogP contribution in [0.3, 0.4) is 0 Å². The lowest BCUT2D eigenvalue weighted by molar-refractivity contribution is 0.0790. The van der Waals surface area contributed by atoms with E-state index < -0.39 is 0 Å². The highest BCUT2D eigenvalue weighted by atomic mass is 16.5. The molecule has 1 amide bonds. The SMILES string of the molecule is COc1cc(OC)cc(-c2ccc(C(=O)N(C)CCCN(C)C)cc2)c1. The van der Waals surface area contributed by atoms with Crippen LogP contribution in [-0.4, -0.2) is 64.2 Å². The fourth-order valence-corrected chi connectivity index (χ4v) is 2.73. The third kappa shape index (κ3) is 5.23. The molecule has 2 aromatic carbocycles. The Morgan fingerprint density at radius 2 is 1.42 bits per heavy atom. The molecule has 0 aromatic heterocycles. The monoisotopic (exact) mass is 356 g/mol. The van der Waals surface area contributed by atoms with Crippen molar-refractivity contribution in [2.75, 3.05) is 48.5 Å². The number of rotatable bonds is 8. The van der Waals surface area contributed by atoms with Gasteiger partial charge in [0.25, 0.3) is 5.91 Å². The molecule has 5 heteroatoms. The number of hydrogen-bond acceptors (Lipinski definition) is 4. The van der Waals surface area contributed by atoms with Crippen molar-refractivity contribution < 1.29 is 14.3 Å². The van der Waals surface area contributed by atoms with E-state index in [1.54, 1.807) is 19.1 Å². The molecule has 0 spiro atoms. The number of methoxy groups -OCH3 is 2. The summed E-state index contributed by atoms with van der Waals surface area (Å²) in [5.74, 6) is 1.51. The van der Waals surface area contributed by atoms with E-state index in [1.165, 1.54) is 0 Å². The summed E-state index contributed by atoms with van der Waals surface area (Å²) in [6.45, 7) is 1.71. The molecule has 0 aliphatic heterocycles.